The van der Waals surface area contributed by atoms with Gasteiger partial charge in [-0.25, -0.2) is 0 Å². The highest BCUT2D eigenvalue weighted by Gasteiger charge is 2.45. The van der Waals surface area contributed by atoms with E-state index >= 15 is 0 Å². The number of rotatable bonds is 1. The molecule has 0 amide bonds. The van der Waals surface area contributed by atoms with Gasteiger partial charge in [0.1, 0.15) is 22.3 Å². The van der Waals surface area contributed by atoms with Gasteiger partial charge in [-0.15, -0.1) is 11.3 Å². The number of aromatic nitrogens is 1. The second-order valence-corrected chi connectivity index (χ2v) is 20.8. The third kappa shape index (κ3) is 4.47. The van der Waals surface area contributed by atoms with Gasteiger partial charge in [-0.3, -0.25) is 0 Å². The number of benzene rings is 8. The summed E-state index contributed by atoms with van der Waals surface area (Å²) in [7, 11) is 0. The van der Waals surface area contributed by atoms with Crippen molar-refractivity contribution in [2.24, 2.45) is 0 Å². The first-order valence-corrected chi connectivity index (χ1v) is 22.6. The summed E-state index contributed by atoms with van der Waals surface area (Å²) in [6.45, 7) is 13.7. The highest BCUT2D eigenvalue weighted by atomic mass is 32.1. The monoisotopic (exact) mass is 816 g/mol. The molecule has 12 aromatic rings. The highest BCUT2D eigenvalue weighted by Crippen LogP contribution is 2.50. The lowest BCUT2D eigenvalue weighted by Gasteiger charge is -2.42. The number of nitrogens with zero attached hydrogens (tertiary/aromatic N) is 2. The Labute approximate surface area is 362 Å². The Morgan fingerprint density at radius 2 is 1.16 bits per heavy atom. The Morgan fingerprint density at radius 1 is 0.484 bits per heavy atom. The molecule has 0 fully saturated rings. The molecule has 0 saturated heterocycles. The number of fused-ring (bicyclic) bond motifs is 18. The van der Waals surface area contributed by atoms with Crippen molar-refractivity contribution in [3.63, 3.8) is 0 Å². The van der Waals surface area contributed by atoms with E-state index in [1.165, 1.54) is 97.6 Å². The maximum atomic E-state index is 6.74. The first-order valence-electron chi connectivity index (χ1n) is 21.8. The van der Waals surface area contributed by atoms with Crippen molar-refractivity contribution >= 4 is 126 Å². The van der Waals surface area contributed by atoms with Crippen molar-refractivity contribution in [1.29, 1.82) is 0 Å². The predicted molar refractivity (Wildman–Crippen MR) is 265 cm³/mol. The number of thiophene rings is 1. The van der Waals surface area contributed by atoms with Gasteiger partial charge in [-0.05, 0) is 105 Å². The van der Waals surface area contributed by atoms with Gasteiger partial charge in [0.05, 0.1) is 11.0 Å². The van der Waals surface area contributed by atoms with Crippen LogP contribution >= 0.6 is 11.3 Å². The van der Waals surface area contributed by atoms with Gasteiger partial charge in [0.15, 0.2) is 0 Å². The molecule has 4 nitrogen and oxygen atoms in total. The second kappa shape index (κ2) is 11.6. The zero-order chi connectivity index (χ0) is 41.6. The van der Waals surface area contributed by atoms with Crippen molar-refractivity contribution in [1.82, 2.24) is 4.57 Å². The molecule has 2 aliphatic heterocycles. The molecule has 62 heavy (non-hydrogen) atoms. The Hall–Kier alpha value is -6.76. The Balaban J connectivity index is 1.16. The quantitative estimate of drug-likeness (QED) is 0.155. The normalized spacial score (nSPS) is 13.9. The molecule has 2 aliphatic rings. The number of hydrogen-bond donors (Lipinski definition) is 0. The fourth-order valence-corrected chi connectivity index (χ4v) is 12.2. The average Bonchev–Trinajstić information content (AvgIpc) is 4.02. The lowest BCUT2D eigenvalue weighted by atomic mass is 9.44. The summed E-state index contributed by atoms with van der Waals surface area (Å²) < 4.78 is 18.5. The van der Waals surface area contributed by atoms with E-state index in [1.54, 1.807) is 0 Å². The topological polar surface area (TPSA) is 34.5 Å². The van der Waals surface area contributed by atoms with Crippen molar-refractivity contribution in [3.8, 4) is 16.8 Å². The molecule has 0 N–H and O–H groups in total. The molecule has 0 radical (unpaired) electrons. The molecule has 0 spiro atoms. The second-order valence-electron chi connectivity index (χ2n) is 19.7. The summed E-state index contributed by atoms with van der Waals surface area (Å²) in [6.07, 6.45) is 0. The summed E-state index contributed by atoms with van der Waals surface area (Å²) in [6, 6.07) is 52.4. The Bertz CT molecular complexity index is 3960. The van der Waals surface area contributed by atoms with Gasteiger partial charge >= 0.3 is 6.85 Å². The van der Waals surface area contributed by atoms with Gasteiger partial charge in [0, 0.05) is 75.1 Å². The van der Waals surface area contributed by atoms with Gasteiger partial charge in [-0.2, -0.15) is 0 Å². The Morgan fingerprint density at radius 3 is 1.95 bits per heavy atom. The predicted octanol–water partition coefficient (Wildman–Crippen LogP) is 14.8. The van der Waals surface area contributed by atoms with E-state index in [4.69, 9.17) is 8.83 Å². The molecule has 6 heteroatoms. The number of furan rings is 2. The van der Waals surface area contributed by atoms with E-state index in [9.17, 15) is 0 Å². The molecule has 14 rings (SSSR count). The molecule has 296 valence electrons. The van der Waals surface area contributed by atoms with E-state index in [2.05, 4.69) is 190 Å². The number of anilines is 2. The van der Waals surface area contributed by atoms with Crippen LogP contribution in [0, 0.1) is 0 Å². The third-order valence-corrected chi connectivity index (χ3v) is 15.2. The molecule has 0 aliphatic carbocycles. The van der Waals surface area contributed by atoms with Crippen molar-refractivity contribution < 1.29 is 8.83 Å². The molecule has 0 bridgehead atoms. The molecule has 6 heterocycles. The van der Waals surface area contributed by atoms with Crippen LogP contribution in [0.3, 0.4) is 0 Å². The molecular weight excluding hydrogens is 776 g/mol. The van der Waals surface area contributed by atoms with Crippen LogP contribution in [0.1, 0.15) is 52.7 Å². The van der Waals surface area contributed by atoms with Crippen molar-refractivity contribution in [3.05, 3.63) is 151 Å². The fraction of sp³-hybridized carbons (Fsp3) is 0.143. The zero-order valence-electron chi connectivity index (χ0n) is 35.5. The maximum absolute atomic E-state index is 6.74. The van der Waals surface area contributed by atoms with E-state index in [-0.39, 0.29) is 17.7 Å². The van der Waals surface area contributed by atoms with E-state index in [0.717, 1.165) is 38.5 Å². The first-order chi connectivity index (χ1) is 30.0. The van der Waals surface area contributed by atoms with Gasteiger partial charge in [0.2, 0.25) is 0 Å². The number of hydrogen-bond acceptors (Lipinski definition) is 4. The van der Waals surface area contributed by atoms with E-state index in [1.807, 2.05) is 11.3 Å². The fourth-order valence-electron chi connectivity index (χ4n) is 11.1. The lowest BCUT2D eigenvalue weighted by molar-refractivity contribution is 0.590. The standard InChI is InChI=1S/C56H41BN2O2S/c1-55(2,3)30-15-18-32(19-16-30)59-43-27-40-34-20-17-31(56(4,5)6)25-49(34)62-50(40)28-38(43)35-21-22-37-51-42(23-24-47-52(51)36-12-8-10-14-46(36)60-47)58-44-26-39-33-11-7-9-13-45(33)61-48(39)29-41(44)57(59)53(35)54(37)58/h7-29H,1-6H3. The lowest BCUT2D eigenvalue weighted by Crippen LogP contribution is -2.60. The summed E-state index contributed by atoms with van der Waals surface area (Å²) in [4.78, 5) is 2.65. The van der Waals surface area contributed by atoms with Crippen LogP contribution in [0.5, 0.6) is 0 Å². The van der Waals surface area contributed by atoms with Crippen LogP contribution in [-0.2, 0) is 10.8 Å². The van der Waals surface area contributed by atoms with Crippen LogP contribution in [0.4, 0.5) is 11.4 Å². The van der Waals surface area contributed by atoms with Crippen LogP contribution in [0.25, 0.3) is 103 Å². The smallest absolute Gasteiger partial charge is 0.333 e. The minimum atomic E-state index is -0.141. The first kappa shape index (κ1) is 34.9. The SMILES string of the molecule is CC(C)(C)c1ccc(N2B3c4cc5oc6ccccc6c5cc4-n4c5ccc6oc7ccccc7c6c5c5ccc(c3c54)-c3cc4sc5cc(C(C)(C)C)ccc5c4cc32)cc1. The molecule has 8 aromatic carbocycles. The van der Waals surface area contributed by atoms with Crippen molar-refractivity contribution in [2.75, 3.05) is 4.81 Å². The maximum Gasteiger partial charge on any atom is 0.333 e. The van der Waals surface area contributed by atoms with Gasteiger partial charge in [-0.1, -0.05) is 114 Å². The molecule has 0 unspecified atom stereocenters. The minimum Gasteiger partial charge on any atom is -0.456 e. The summed E-state index contributed by atoms with van der Waals surface area (Å²) >= 11 is 1.92. The van der Waals surface area contributed by atoms with E-state index in [0.29, 0.717) is 0 Å². The summed E-state index contributed by atoms with van der Waals surface area (Å²) in [5.74, 6) is 0. The molecule has 4 aromatic heterocycles. The largest absolute Gasteiger partial charge is 0.456 e. The van der Waals surface area contributed by atoms with Crippen LogP contribution in [0.15, 0.2) is 148 Å². The molecule has 0 saturated carbocycles. The minimum absolute atomic E-state index is 0.0264. The Kier molecular flexibility index (Phi) is 6.52. The van der Waals surface area contributed by atoms with Gasteiger partial charge < -0.3 is 18.2 Å². The van der Waals surface area contributed by atoms with Crippen LogP contribution in [-0.4, -0.2) is 11.4 Å². The van der Waals surface area contributed by atoms with Crippen LogP contribution < -0.4 is 15.7 Å². The third-order valence-electron chi connectivity index (χ3n) is 14.1. The molecular formula is C56H41BN2O2S. The van der Waals surface area contributed by atoms with Gasteiger partial charge in [0.25, 0.3) is 0 Å². The molecule has 0 atom stereocenters. The van der Waals surface area contributed by atoms with E-state index < -0.39 is 0 Å². The highest BCUT2D eigenvalue weighted by molar-refractivity contribution is 7.25. The zero-order valence-corrected chi connectivity index (χ0v) is 36.3. The summed E-state index contributed by atoms with van der Waals surface area (Å²) in [5.41, 5.74) is 17.5. The van der Waals surface area contributed by atoms with Crippen LogP contribution in [0.2, 0.25) is 0 Å². The van der Waals surface area contributed by atoms with Crippen molar-refractivity contribution in [2.45, 2.75) is 52.4 Å². The average molecular weight is 817 g/mol. The number of para-hydroxylation sites is 2. The summed E-state index contributed by atoms with van der Waals surface area (Å²) in [5, 5.41) is 9.66.